The van der Waals surface area contributed by atoms with Crippen LogP contribution in [0.1, 0.15) is 42.5 Å². The van der Waals surface area contributed by atoms with E-state index >= 15 is 0 Å². The monoisotopic (exact) mass is 254 g/mol. The Morgan fingerprint density at radius 1 is 1.28 bits per heavy atom. The first-order valence-electron chi connectivity index (χ1n) is 6.26. The highest BCUT2D eigenvalue weighted by Crippen LogP contribution is 2.19. The molecule has 1 aliphatic heterocycles. The summed E-state index contributed by atoms with van der Waals surface area (Å²) in [5, 5.41) is 0. The van der Waals surface area contributed by atoms with Crippen molar-refractivity contribution in [1.29, 1.82) is 0 Å². The van der Waals surface area contributed by atoms with Gasteiger partial charge >= 0.3 is 0 Å². The summed E-state index contributed by atoms with van der Waals surface area (Å²) in [4.78, 5) is 11.8. The highest BCUT2D eigenvalue weighted by atomic mass is 19.2. The van der Waals surface area contributed by atoms with E-state index in [2.05, 4.69) is 0 Å². The Morgan fingerprint density at radius 2 is 2.11 bits per heavy atom. The summed E-state index contributed by atoms with van der Waals surface area (Å²) < 4.78 is 31.2. The van der Waals surface area contributed by atoms with Crippen molar-refractivity contribution in [2.45, 2.75) is 38.2 Å². The molecule has 0 amide bonds. The summed E-state index contributed by atoms with van der Waals surface area (Å²) in [7, 11) is 0. The minimum Gasteiger partial charge on any atom is -0.378 e. The zero-order valence-electron chi connectivity index (χ0n) is 10.1. The Bertz CT molecular complexity index is 426. The molecule has 0 aromatic heterocycles. The van der Waals surface area contributed by atoms with E-state index in [0.29, 0.717) is 12.8 Å². The van der Waals surface area contributed by atoms with Crippen molar-refractivity contribution in [3.8, 4) is 0 Å². The molecule has 1 unspecified atom stereocenters. The van der Waals surface area contributed by atoms with Crippen LogP contribution in [-0.2, 0) is 4.74 Å². The molecule has 0 N–H and O–H groups in total. The van der Waals surface area contributed by atoms with Crippen LogP contribution in [0.4, 0.5) is 8.78 Å². The summed E-state index contributed by atoms with van der Waals surface area (Å²) in [6.07, 6.45) is 4.28. The van der Waals surface area contributed by atoms with Crippen LogP contribution in [-0.4, -0.2) is 18.5 Å². The average Bonchev–Trinajstić information content (AvgIpc) is 2.40. The van der Waals surface area contributed by atoms with Crippen LogP contribution in [0.2, 0.25) is 0 Å². The molecule has 4 heteroatoms. The van der Waals surface area contributed by atoms with Gasteiger partial charge in [-0.05, 0) is 43.9 Å². The molecule has 0 bridgehead atoms. The lowest BCUT2D eigenvalue weighted by atomic mass is 10.0. The molecule has 1 aliphatic rings. The molecular weight excluding hydrogens is 238 g/mol. The number of carbonyl (C=O) groups excluding carboxylic acids is 1. The highest BCUT2D eigenvalue weighted by Gasteiger charge is 2.16. The summed E-state index contributed by atoms with van der Waals surface area (Å²) in [6, 6.07) is 3.27. The van der Waals surface area contributed by atoms with Gasteiger partial charge in [-0.25, -0.2) is 8.78 Å². The van der Waals surface area contributed by atoms with Gasteiger partial charge in [0.05, 0.1) is 6.10 Å². The maximum atomic E-state index is 13.0. The topological polar surface area (TPSA) is 26.3 Å². The molecule has 1 heterocycles. The second-order valence-electron chi connectivity index (χ2n) is 4.58. The number of benzene rings is 1. The van der Waals surface area contributed by atoms with Gasteiger partial charge in [0.25, 0.3) is 0 Å². The zero-order valence-corrected chi connectivity index (χ0v) is 10.1. The molecule has 0 radical (unpaired) electrons. The van der Waals surface area contributed by atoms with E-state index in [1.165, 1.54) is 6.07 Å². The number of Topliss-reactive ketones (excluding diaryl/α,β-unsaturated/α-hetero) is 1. The number of hydrogen-bond acceptors (Lipinski definition) is 2. The Morgan fingerprint density at radius 3 is 2.78 bits per heavy atom. The molecule has 1 atom stereocenters. The lowest BCUT2D eigenvalue weighted by Crippen LogP contribution is -2.20. The van der Waals surface area contributed by atoms with Crippen molar-refractivity contribution in [1.82, 2.24) is 0 Å². The highest BCUT2D eigenvalue weighted by molar-refractivity contribution is 5.96. The first-order valence-corrected chi connectivity index (χ1v) is 6.26. The third-order valence-electron chi connectivity index (χ3n) is 3.21. The van der Waals surface area contributed by atoms with Gasteiger partial charge in [-0.2, -0.15) is 0 Å². The molecule has 0 spiro atoms. The predicted molar refractivity (Wildman–Crippen MR) is 63.5 cm³/mol. The van der Waals surface area contributed by atoms with E-state index < -0.39 is 11.6 Å². The molecule has 1 aromatic rings. The van der Waals surface area contributed by atoms with Crippen molar-refractivity contribution >= 4 is 5.78 Å². The van der Waals surface area contributed by atoms with Crippen LogP contribution in [0.15, 0.2) is 18.2 Å². The standard InChI is InChI=1S/C14H16F2O2/c15-12-6-4-10(9-13(12)16)14(17)7-5-11-3-1-2-8-18-11/h4,6,9,11H,1-3,5,7-8H2. The Kier molecular flexibility index (Phi) is 4.42. The Balaban J connectivity index is 1.88. The Labute approximate surface area is 105 Å². The van der Waals surface area contributed by atoms with Crippen molar-refractivity contribution < 1.29 is 18.3 Å². The van der Waals surface area contributed by atoms with E-state index in [4.69, 9.17) is 4.74 Å². The molecule has 1 aromatic carbocycles. The summed E-state index contributed by atoms with van der Waals surface area (Å²) >= 11 is 0. The van der Waals surface area contributed by atoms with E-state index in [1.807, 2.05) is 0 Å². The summed E-state index contributed by atoms with van der Waals surface area (Å²) in [5.41, 5.74) is 0.227. The molecule has 2 rings (SSSR count). The second-order valence-corrected chi connectivity index (χ2v) is 4.58. The van der Waals surface area contributed by atoms with Crippen LogP contribution in [0.25, 0.3) is 0 Å². The SMILES string of the molecule is O=C(CCC1CCCCO1)c1ccc(F)c(F)c1. The van der Waals surface area contributed by atoms with Crippen LogP contribution < -0.4 is 0 Å². The third-order valence-corrected chi connectivity index (χ3v) is 3.21. The van der Waals surface area contributed by atoms with Crippen molar-refractivity contribution in [3.05, 3.63) is 35.4 Å². The van der Waals surface area contributed by atoms with Gasteiger partial charge in [0, 0.05) is 18.6 Å². The fourth-order valence-electron chi connectivity index (χ4n) is 2.14. The zero-order chi connectivity index (χ0) is 13.0. The number of ketones is 1. The number of rotatable bonds is 4. The molecule has 1 fully saturated rings. The van der Waals surface area contributed by atoms with Gasteiger partial charge in [-0.3, -0.25) is 4.79 Å². The summed E-state index contributed by atoms with van der Waals surface area (Å²) in [6.45, 7) is 0.754. The number of hydrogen-bond donors (Lipinski definition) is 0. The maximum Gasteiger partial charge on any atom is 0.163 e. The number of ether oxygens (including phenoxy) is 1. The normalized spacial score (nSPS) is 19.8. The van der Waals surface area contributed by atoms with Crippen LogP contribution >= 0.6 is 0 Å². The third kappa shape index (κ3) is 3.35. The molecule has 0 aliphatic carbocycles. The second kappa shape index (κ2) is 6.05. The van der Waals surface area contributed by atoms with Gasteiger partial charge in [0.15, 0.2) is 17.4 Å². The van der Waals surface area contributed by atoms with Gasteiger partial charge in [-0.15, -0.1) is 0 Å². The Hall–Kier alpha value is -1.29. The maximum absolute atomic E-state index is 13.0. The van der Waals surface area contributed by atoms with Gasteiger partial charge in [0.2, 0.25) is 0 Å². The number of carbonyl (C=O) groups is 1. The number of halogens is 2. The summed E-state index contributed by atoms with van der Waals surface area (Å²) in [5.74, 6) is -2.07. The first-order chi connectivity index (χ1) is 8.66. The van der Waals surface area contributed by atoms with Crippen LogP contribution in [0.3, 0.4) is 0 Å². The predicted octanol–water partition coefficient (Wildman–Crippen LogP) is 3.50. The smallest absolute Gasteiger partial charge is 0.163 e. The molecule has 2 nitrogen and oxygen atoms in total. The molecular formula is C14H16F2O2. The fourth-order valence-corrected chi connectivity index (χ4v) is 2.14. The van der Waals surface area contributed by atoms with E-state index in [9.17, 15) is 13.6 Å². The lowest BCUT2D eigenvalue weighted by molar-refractivity contribution is 0.0104. The minimum absolute atomic E-state index is 0.132. The van der Waals surface area contributed by atoms with Crippen LogP contribution in [0.5, 0.6) is 0 Å². The van der Waals surface area contributed by atoms with E-state index in [1.54, 1.807) is 0 Å². The van der Waals surface area contributed by atoms with E-state index in [0.717, 1.165) is 38.0 Å². The lowest BCUT2D eigenvalue weighted by Gasteiger charge is -2.22. The molecule has 0 saturated carbocycles. The molecule has 98 valence electrons. The van der Waals surface area contributed by atoms with Crippen molar-refractivity contribution in [2.24, 2.45) is 0 Å². The first kappa shape index (κ1) is 13.1. The van der Waals surface area contributed by atoms with Gasteiger partial charge < -0.3 is 4.74 Å². The fraction of sp³-hybridized carbons (Fsp3) is 0.500. The van der Waals surface area contributed by atoms with E-state index in [-0.39, 0.29) is 17.5 Å². The molecule has 1 saturated heterocycles. The largest absolute Gasteiger partial charge is 0.378 e. The van der Waals surface area contributed by atoms with Crippen molar-refractivity contribution in [2.75, 3.05) is 6.61 Å². The van der Waals surface area contributed by atoms with Crippen LogP contribution in [0, 0.1) is 11.6 Å². The molecule has 18 heavy (non-hydrogen) atoms. The van der Waals surface area contributed by atoms with Crippen molar-refractivity contribution in [3.63, 3.8) is 0 Å². The average molecular weight is 254 g/mol. The van der Waals surface area contributed by atoms with Gasteiger partial charge in [0.1, 0.15) is 0 Å². The quantitative estimate of drug-likeness (QED) is 0.769. The minimum atomic E-state index is -0.977. The van der Waals surface area contributed by atoms with Gasteiger partial charge in [-0.1, -0.05) is 0 Å².